The molecular formula is C18H22N4O3S. The van der Waals surface area contributed by atoms with E-state index < -0.39 is 0 Å². The Kier molecular flexibility index (Phi) is 4.30. The summed E-state index contributed by atoms with van der Waals surface area (Å²) < 4.78 is 5.68. The second-order valence-electron chi connectivity index (χ2n) is 7.28. The zero-order valence-electron chi connectivity index (χ0n) is 15.0. The number of likely N-dealkylation sites (tertiary alicyclic amines) is 2. The molecule has 0 saturated carbocycles. The van der Waals surface area contributed by atoms with E-state index in [1.54, 1.807) is 10.9 Å². The van der Waals surface area contributed by atoms with E-state index in [4.69, 9.17) is 4.42 Å². The fourth-order valence-corrected chi connectivity index (χ4v) is 4.39. The Bertz CT molecular complexity index is 824. The van der Waals surface area contributed by atoms with Crippen molar-refractivity contribution < 1.29 is 14.0 Å². The topological polar surface area (TPSA) is 79.5 Å². The highest BCUT2D eigenvalue weighted by Crippen LogP contribution is 2.40. The first-order valence-corrected chi connectivity index (χ1v) is 9.89. The third-order valence-electron chi connectivity index (χ3n) is 5.22. The van der Waals surface area contributed by atoms with Gasteiger partial charge in [-0.3, -0.25) is 9.59 Å². The Morgan fingerprint density at radius 2 is 2.04 bits per heavy atom. The molecule has 2 saturated heterocycles. The van der Waals surface area contributed by atoms with Crippen molar-refractivity contribution in [3.8, 4) is 0 Å². The predicted octanol–water partition coefficient (Wildman–Crippen LogP) is 2.38. The molecule has 2 aliphatic heterocycles. The lowest BCUT2D eigenvalue weighted by molar-refractivity contribution is 0.0104. The summed E-state index contributed by atoms with van der Waals surface area (Å²) in [7, 11) is 0. The van der Waals surface area contributed by atoms with Crippen molar-refractivity contribution in [1.82, 2.24) is 19.8 Å². The summed E-state index contributed by atoms with van der Waals surface area (Å²) in [6, 6.07) is 0. The second-order valence-corrected chi connectivity index (χ2v) is 8.00. The molecule has 0 unspecified atom stereocenters. The molecule has 0 atom stereocenters. The van der Waals surface area contributed by atoms with Gasteiger partial charge in [-0.2, -0.15) is 0 Å². The molecule has 4 heterocycles. The molecule has 0 N–H and O–H groups in total. The van der Waals surface area contributed by atoms with Gasteiger partial charge in [-0.15, -0.1) is 11.3 Å². The van der Waals surface area contributed by atoms with Crippen LogP contribution in [0.4, 0.5) is 0 Å². The smallest absolute Gasteiger partial charge is 0.291 e. The number of nitrogens with zero attached hydrogens (tertiary/aromatic N) is 4. The van der Waals surface area contributed by atoms with Gasteiger partial charge in [0.2, 0.25) is 5.76 Å². The van der Waals surface area contributed by atoms with Gasteiger partial charge < -0.3 is 14.2 Å². The molecule has 2 fully saturated rings. The number of amides is 2. The molecule has 2 aromatic rings. The normalized spacial score (nSPS) is 18.4. The maximum Gasteiger partial charge on any atom is 0.291 e. The van der Waals surface area contributed by atoms with Gasteiger partial charge in [0.1, 0.15) is 5.69 Å². The standard InChI is InChI=1S/C18H22N4O3S/c1-3-4-14-20-12(2)15(25-14)17(24)21-6-5-18(8-21)9-22(10-18)16(23)13-7-26-11-19-13/h7,11H,3-6,8-10H2,1-2H3. The average molecular weight is 374 g/mol. The summed E-state index contributed by atoms with van der Waals surface area (Å²) in [6.07, 6.45) is 2.59. The summed E-state index contributed by atoms with van der Waals surface area (Å²) in [5.74, 6) is 0.890. The lowest BCUT2D eigenvalue weighted by Gasteiger charge is -2.47. The lowest BCUT2D eigenvalue weighted by atomic mass is 9.79. The summed E-state index contributed by atoms with van der Waals surface area (Å²) in [4.78, 5) is 37.3. The van der Waals surface area contributed by atoms with Crippen LogP contribution in [0.1, 0.15) is 52.4 Å². The summed E-state index contributed by atoms with van der Waals surface area (Å²) in [5.41, 5.74) is 2.86. The fraction of sp³-hybridized carbons (Fsp3) is 0.556. The van der Waals surface area contributed by atoms with Crippen molar-refractivity contribution in [2.75, 3.05) is 26.2 Å². The van der Waals surface area contributed by atoms with Crippen LogP contribution >= 0.6 is 11.3 Å². The summed E-state index contributed by atoms with van der Waals surface area (Å²) >= 11 is 1.42. The van der Waals surface area contributed by atoms with Gasteiger partial charge >= 0.3 is 0 Å². The molecule has 2 amide bonds. The average Bonchev–Trinajstić information content (AvgIpc) is 3.32. The molecular weight excluding hydrogens is 352 g/mol. The number of carbonyl (C=O) groups excluding carboxylic acids is 2. The van der Waals surface area contributed by atoms with E-state index >= 15 is 0 Å². The van der Waals surface area contributed by atoms with Gasteiger partial charge in [0.25, 0.3) is 11.8 Å². The molecule has 0 radical (unpaired) electrons. The summed E-state index contributed by atoms with van der Waals surface area (Å²) in [6.45, 7) is 6.60. The quantitative estimate of drug-likeness (QED) is 0.821. The van der Waals surface area contributed by atoms with Crippen LogP contribution < -0.4 is 0 Å². The second kappa shape index (κ2) is 6.50. The Hall–Kier alpha value is -2.22. The van der Waals surface area contributed by atoms with Crippen molar-refractivity contribution >= 4 is 23.2 Å². The number of aryl methyl sites for hydroxylation is 2. The zero-order valence-corrected chi connectivity index (χ0v) is 15.8. The highest BCUT2D eigenvalue weighted by molar-refractivity contribution is 7.07. The Morgan fingerprint density at radius 3 is 2.73 bits per heavy atom. The third-order valence-corrected chi connectivity index (χ3v) is 5.80. The first kappa shape index (κ1) is 17.2. The van der Waals surface area contributed by atoms with Gasteiger partial charge in [-0.25, -0.2) is 9.97 Å². The Morgan fingerprint density at radius 1 is 1.27 bits per heavy atom. The number of hydrogen-bond acceptors (Lipinski definition) is 6. The predicted molar refractivity (Wildman–Crippen MR) is 96.2 cm³/mol. The van der Waals surface area contributed by atoms with Gasteiger partial charge in [0.15, 0.2) is 5.89 Å². The van der Waals surface area contributed by atoms with Gasteiger partial charge in [0.05, 0.1) is 11.2 Å². The van der Waals surface area contributed by atoms with Crippen molar-refractivity contribution in [1.29, 1.82) is 0 Å². The van der Waals surface area contributed by atoms with Crippen molar-refractivity contribution in [2.24, 2.45) is 5.41 Å². The van der Waals surface area contributed by atoms with E-state index in [1.807, 2.05) is 16.7 Å². The Balaban J connectivity index is 1.39. The van der Waals surface area contributed by atoms with Gasteiger partial charge in [-0.05, 0) is 19.8 Å². The van der Waals surface area contributed by atoms with Crippen molar-refractivity contribution in [2.45, 2.75) is 33.1 Å². The zero-order chi connectivity index (χ0) is 18.3. The first-order chi connectivity index (χ1) is 12.5. The highest BCUT2D eigenvalue weighted by atomic mass is 32.1. The van der Waals surface area contributed by atoms with E-state index in [1.165, 1.54) is 11.3 Å². The number of hydrogen-bond donors (Lipinski definition) is 0. The number of rotatable bonds is 4. The molecule has 0 aliphatic carbocycles. The number of oxazole rings is 1. The molecule has 2 aliphatic rings. The monoisotopic (exact) mass is 374 g/mol. The van der Waals surface area contributed by atoms with Crippen LogP contribution in [0.25, 0.3) is 0 Å². The minimum absolute atomic E-state index is 0.0154. The maximum absolute atomic E-state index is 12.8. The molecule has 138 valence electrons. The van der Waals surface area contributed by atoms with Crippen LogP contribution in [-0.2, 0) is 6.42 Å². The van der Waals surface area contributed by atoms with E-state index in [9.17, 15) is 9.59 Å². The largest absolute Gasteiger partial charge is 0.435 e. The van der Waals surface area contributed by atoms with Gasteiger partial charge in [0, 0.05) is 43.4 Å². The number of thiazole rings is 1. The van der Waals surface area contributed by atoms with E-state index in [0.29, 0.717) is 49.2 Å². The van der Waals surface area contributed by atoms with Crippen molar-refractivity contribution in [3.05, 3.63) is 33.9 Å². The first-order valence-electron chi connectivity index (χ1n) is 8.94. The minimum atomic E-state index is -0.0847. The molecule has 26 heavy (non-hydrogen) atoms. The van der Waals surface area contributed by atoms with Crippen molar-refractivity contribution in [3.63, 3.8) is 0 Å². The maximum atomic E-state index is 12.8. The number of aromatic nitrogens is 2. The van der Waals surface area contributed by atoms with Crippen LogP contribution in [0, 0.1) is 12.3 Å². The molecule has 7 nitrogen and oxygen atoms in total. The molecule has 2 aromatic heterocycles. The number of carbonyl (C=O) groups is 2. The Labute approximate surface area is 156 Å². The molecule has 0 bridgehead atoms. The third kappa shape index (κ3) is 2.92. The molecule has 4 rings (SSSR count). The molecule has 8 heteroatoms. The summed E-state index contributed by atoms with van der Waals surface area (Å²) in [5, 5.41) is 1.78. The van der Waals surface area contributed by atoms with E-state index in [-0.39, 0.29) is 17.2 Å². The van der Waals surface area contributed by atoms with Crippen LogP contribution in [0.2, 0.25) is 0 Å². The van der Waals surface area contributed by atoms with Crippen LogP contribution in [-0.4, -0.2) is 57.8 Å². The van der Waals surface area contributed by atoms with E-state index in [2.05, 4.69) is 16.9 Å². The SMILES string of the molecule is CCCc1nc(C)c(C(=O)N2CCC3(CN(C(=O)c4cscn4)C3)C2)o1. The van der Waals surface area contributed by atoms with Crippen LogP contribution in [0.5, 0.6) is 0 Å². The molecule has 1 spiro atoms. The van der Waals surface area contributed by atoms with E-state index in [0.717, 1.165) is 19.3 Å². The fourth-order valence-electron chi connectivity index (χ4n) is 3.87. The lowest BCUT2D eigenvalue weighted by Crippen LogP contribution is -2.59. The van der Waals surface area contributed by atoms with Gasteiger partial charge in [-0.1, -0.05) is 6.92 Å². The highest BCUT2D eigenvalue weighted by Gasteiger charge is 2.51. The minimum Gasteiger partial charge on any atom is -0.435 e. The van der Waals surface area contributed by atoms with Crippen LogP contribution in [0.3, 0.4) is 0 Å². The van der Waals surface area contributed by atoms with Crippen LogP contribution in [0.15, 0.2) is 15.3 Å². The molecule has 0 aromatic carbocycles.